The molecule has 6 atom stereocenters. The normalized spacial score (nSPS) is 17.2. The predicted molar refractivity (Wildman–Crippen MR) is 238 cm³/mol. The summed E-state index contributed by atoms with van der Waals surface area (Å²) in [6, 6.07) is 0.522. The highest BCUT2D eigenvalue weighted by Gasteiger charge is 2.36. The largest absolute Gasteiger partial charge is 0.352 e. The monoisotopic (exact) mass is 890 g/mol. The van der Waals surface area contributed by atoms with Gasteiger partial charge < -0.3 is 37.2 Å². The lowest BCUT2D eigenvalue weighted by Crippen LogP contribution is -2.57. The number of carbonyl (C=O) groups is 7. The van der Waals surface area contributed by atoms with Gasteiger partial charge in [0.15, 0.2) is 0 Å². The molecule has 0 saturated carbocycles. The van der Waals surface area contributed by atoms with Gasteiger partial charge in [-0.2, -0.15) is 0 Å². The van der Waals surface area contributed by atoms with Gasteiger partial charge in [-0.05, 0) is 94.6 Å². The van der Waals surface area contributed by atoms with Crippen molar-refractivity contribution in [2.75, 3.05) is 32.5 Å². The molecule has 1 aromatic rings. The lowest BCUT2D eigenvalue weighted by atomic mass is 9.94. The van der Waals surface area contributed by atoms with Gasteiger partial charge in [-0.15, -0.1) is 0 Å². The van der Waals surface area contributed by atoms with Crippen molar-refractivity contribution in [3.8, 4) is 0 Å². The summed E-state index contributed by atoms with van der Waals surface area (Å²) in [6.07, 6.45) is 5.98. The second kappa shape index (κ2) is 25.2. The molecule has 2 rings (SSSR count). The Kier molecular flexibility index (Phi) is 21.5. The van der Waals surface area contributed by atoms with Crippen LogP contribution in [0.15, 0.2) is 40.8 Å². The zero-order chi connectivity index (χ0) is 46.9. The number of primary amides is 1. The number of hydrogen-bond donors (Lipinski definition) is 7. The predicted octanol–water partition coefficient (Wildman–Crippen LogP) is 2.75. The molecule has 8 N–H and O–H groups in total. The van der Waals surface area contributed by atoms with E-state index in [1.165, 1.54) is 42.2 Å². The molecular formula is C43H71N9O9S. The first-order valence-electron chi connectivity index (χ1n) is 21.6. The molecule has 1 aliphatic heterocycles. The van der Waals surface area contributed by atoms with Gasteiger partial charge in [0.05, 0.1) is 17.0 Å². The molecule has 1 fully saturated rings. The van der Waals surface area contributed by atoms with Gasteiger partial charge in [0.25, 0.3) is 15.9 Å². The van der Waals surface area contributed by atoms with Crippen molar-refractivity contribution in [1.82, 2.24) is 35.8 Å². The number of piperidine rings is 1. The molecule has 62 heavy (non-hydrogen) atoms. The number of likely N-dealkylation sites (N-methyl/N-ethyl adjacent to an activating group) is 2. The number of nitrogens with two attached hydrogens (primary N) is 1. The molecule has 0 radical (unpaired) electrons. The van der Waals surface area contributed by atoms with Crippen LogP contribution in [0.2, 0.25) is 0 Å². The second-order valence-electron chi connectivity index (χ2n) is 16.9. The number of likely N-dealkylation sites (tertiary alicyclic amines) is 1. The minimum absolute atomic E-state index is 0.0486. The molecule has 1 aliphatic rings. The van der Waals surface area contributed by atoms with E-state index < -0.39 is 57.9 Å². The minimum Gasteiger partial charge on any atom is -0.352 e. The number of urea groups is 1. The number of benzene rings is 1. The summed E-state index contributed by atoms with van der Waals surface area (Å²) in [5.74, 6) is -3.61. The fourth-order valence-corrected chi connectivity index (χ4v) is 8.07. The molecular weight excluding hydrogens is 819 g/mol. The van der Waals surface area contributed by atoms with Crippen molar-refractivity contribution in [3.63, 3.8) is 0 Å². The molecule has 8 amide bonds. The maximum absolute atomic E-state index is 14.0. The van der Waals surface area contributed by atoms with Crippen LogP contribution in [0, 0.1) is 17.8 Å². The lowest BCUT2D eigenvalue weighted by molar-refractivity contribution is -0.140. The van der Waals surface area contributed by atoms with E-state index in [2.05, 4.69) is 31.3 Å². The zero-order valence-electron chi connectivity index (χ0n) is 38.1. The number of nitrogens with zero attached hydrogens (tertiary/aromatic N) is 2. The Bertz CT molecular complexity index is 1850. The van der Waals surface area contributed by atoms with Crippen molar-refractivity contribution >= 4 is 57.2 Å². The molecule has 1 saturated heterocycles. The molecule has 0 spiro atoms. The summed E-state index contributed by atoms with van der Waals surface area (Å²) in [6.45, 7) is 15.3. The van der Waals surface area contributed by atoms with E-state index in [1.54, 1.807) is 20.9 Å². The third-order valence-electron chi connectivity index (χ3n) is 11.1. The number of anilines is 1. The maximum atomic E-state index is 14.0. The van der Waals surface area contributed by atoms with Crippen LogP contribution < -0.4 is 37.0 Å². The molecule has 19 heteroatoms. The van der Waals surface area contributed by atoms with Crippen LogP contribution in [-0.2, 0) is 38.8 Å². The topological polar surface area (TPSA) is 258 Å². The van der Waals surface area contributed by atoms with Gasteiger partial charge >= 0.3 is 6.03 Å². The summed E-state index contributed by atoms with van der Waals surface area (Å²) >= 11 is 0. The Balaban J connectivity index is 2.22. The van der Waals surface area contributed by atoms with E-state index in [1.807, 2.05) is 46.6 Å². The summed E-state index contributed by atoms with van der Waals surface area (Å²) in [4.78, 5) is 94.2. The Morgan fingerprint density at radius 1 is 0.903 bits per heavy atom. The number of hydrogen-bond acceptors (Lipinski definition) is 10. The lowest BCUT2D eigenvalue weighted by Gasteiger charge is -2.36. The van der Waals surface area contributed by atoms with Gasteiger partial charge in [-0.25, -0.2) is 17.9 Å². The third kappa shape index (κ3) is 16.3. The Hall–Kier alpha value is -5.04. The highest BCUT2D eigenvalue weighted by atomic mass is 32.2. The third-order valence-corrected chi connectivity index (χ3v) is 12.5. The number of carbonyl (C=O) groups excluding carboxylic acids is 7. The molecule has 348 valence electrons. The van der Waals surface area contributed by atoms with Crippen LogP contribution >= 0.6 is 0 Å². The van der Waals surface area contributed by atoms with Crippen LogP contribution in [0.1, 0.15) is 107 Å². The fraction of sp³-hybridized carbons (Fsp3) is 0.651. The van der Waals surface area contributed by atoms with Crippen molar-refractivity contribution < 1.29 is 42.0 Å². The fourth-order valence-electron chi connectivity index (χ4n) is 7.05. The second-order valence-corrected chi connectivity index (χ2v) is 18.6. The number of rotatable bonds is 23. The highest BCUT2D eigenvalue weighted by Crippen LogP contribution is 2.21. The van der Waals surface area contributed by atoms with E-state index in [0.29, 0.717) is 19.3 Å². The molecule has 18 nitrogen and oxygen atoms in total. The van der Waals surface area contributed by atoms with Crippen LogP contribution in [0.3, 0.4) is 0 Å². The van der Waals surface area contributed by atoms with Crippen molar-refractivity contribution in [1.29, 1.82) is 0 Å². The summed E-state index contributed by atoms with van der Waals surface area (Å²) in [5, 5.41) is 13.5. The summed E-state index contributed by atoms with van der Waals surface area (Å²) < 4.78 is 28.8. The summed E-state index contributed by atoms with van der Waals surface area (Å²) in [7, 11) is -0.899. The van der Waals surface area contributed by atoms with Crippen molar-refractivity contribution in [2.24, 2.45) is 23.5 Å². The first kappa shape index (κ1) is 53.1. The zero-order valence-corrected chi connectivity index (χ0v) is 38.9. The van der Waals surface area contributed by atoms with E-state index in [9.17, 15) is 42.0 Å². The molecule has 1 aromatic carbocycles. The number of sulfonamides is 1. The quantitative estimate of drug-likeness (QED) is 0.0625. The standard InChI is InChI=1S/C43H71N9O9S/c1-11-16-35(53)48-36(27(5)6)41(57)47-32(17-15-23-45-43(44)59)39(55)46-30-19-21-31(22-20-30)62(60,61)50-38(54)29(8)25-34(26(3)4)52(10)42(58)37(28(7)12-2)49-40(56)33-18-13-14-24-51(33)9/h19-22,25-28,32-34,36-37H,11-18,23-24H2,1-10H3,(H,46,55)(H,47,57)(H,48,53)(H,49,56)(H,50,54)(H3,44,45,59)/b29-25+/t28-,32-,33+,34+,36?,37?/m0/s1. The van der Waals surface area contributed by atoms with E-state index in [4.69, 9.17) is 5.73 Å². The van der Waals surface area contributed by atoms with Gasteiger partial charge in [0, 0.05) is 31.3 Å². The first-order chi connectivity index (χ1) is 29.0. The Labute approximate surface area is 367 Å². The molecule has 1 heterocycles. The van der Waals surface area contributed by atoms with Crippen molar-refractivity contribution in [3.05, 3.63) is 35.9 Å². The van der Waals surface area contributed by atoms with Crippen LogP contribution in [-0.4, -0.2) is 117 Å². The molecule has 0 aromatic heterocycles. The average molecular weight is 890 g/mol. The first-order valence-corrected chi connectivity index (χ1v) is 23.1. The maximum Gasteiger partial charge on any atom is 0.312 e. The molecule has 2 unspecified atom stereocenters. The van der Waals surface area contributed by atoms with Gasteiger partial charge in [-0.1, -0.05) is 67.4 Å². The Morgan fingerprint density at radius 2 is 1.55 bits per heavy atom. The van der Waals surface area contributed by atoms with E-state index >= 15 is 0 Å². The average Bonchev–Trinajstić information content (AvgIpc) is 3.20. The summed E-state index contributed by atoms with van der Waals surface area (Å²) in [5.41, 5.74) is 5.39. The minimum atomic E-state index is -4.41. The van der Waals surface area contributed by atoms with Gasteiger partial charge in [0.2, 0.25) is 29.5 Å². The van der Waals surface area contributed by atoms with Crippen LogP contribution in [0.4, 0.5) is 10.5 Å². The number of amides is 8. The van der Waals surface area contributed by atoms with Crippen LogP contribution in [0.5, 0.6) is 0 Å². The van der Waals surface area contributed by atoms with Gasteiger partial charge in [-0.3, -0.25) is 33.7 Å². The van der Waals surface area contributed by atoms with Crippen molar-refractivity contribution in [2.45, 2.75) is 142 Å². The smallest absolute Gasteiger partial charge is 0.312 e. The Morgan fingerprint density at radius 3 is 2.10 bits per heavy atom. The van der Waals surface area contributed by atoms with Gasteiger partial charge in [0.1, 0.15) is 18.1 Å². The van der Waals surface area contributed by atoms with E-state index in [-0.39, 0.29) is 83.5 Å². The molecule has 0 bridgehead atoms. The SMILES string of the molecule is CCCC(=O)NC(C(=O)N[C@@H](CCCNC(N)=O)C(=O)Nc1ccc(S(=O)(=O)NC(=O)/C(C)=C/[C@H](C(C)C)N(C)C(=O)C(NC(=O)[C@H]2CCCCN2C)[C@@H](C)CC)cc1)C(C)C. The molecule has 0 aliphatic carbocycles. The number of nitrogens with one attached hydrogen (secondary N) is 6. The highest BCUT2D eigenvalue weighted by molar-refractivity contribution is 7.90. The van der Waals surface area contributed by atoms with E-state index in [0.717, 1.165) is 19.4 Å². The van der Waals surface area contributed by atoms with Crippen LogP contribution in [0.25, 0.3) is 0 Å².